The number of unbranched alkanes of at least 4 members (excludes halogenated alkanes) is 1. The Balaban J connectivity index is 2.24. The minimum Gasteiger partial charge on any atom is -0.357 e. The smallest absolute Gasteiger partial charge is 0.270 e. The second-order valence-electron chi connectivity index (χ2n) is 8.69. The molecular weight excluding hydrogens is 440 g/mol. The maximum absolute atomic E-state index is 13.3. The first-order valence-electron chi connectivity index (χ1n) is 11.5. The summed E-state index contributed by atoms with van der Waals surface area (Å²) in [7, 11) is 0. The number of piperidine rings is 1. The van der Waals surface area contributed by atoms with Crippen LogP contribution in [0.25, 0.3) is 6.08 Å². The van der Waals surface area contributed by atoms with Crippen LogP contribution in [0.1, 0.15) is 69.6 Å². The molecule has 172 valence electrons. The Hall–Kier alpha value is -2.11. The van der Waals surface area contributed by atoms with E-state index in [1.807, 2.05) is 19.9 Å². The molecule has 0 bridgehead atoms. The molecule has 0 aliphatic carbocycles. The van der Waals surface area contributed by atoms with Crippen LogP contribution in [0.5, 0.6) is 0 Å². The van der Waals surface area contributed by atoms with E-state index in [9.17, 15) is 14.9 Å². The molecule has 1 aromatic rings. The van der Waals surface area contributed by atoms with Crippen LogP contribution in [0.3, 0.4) is 0 Å². The fourth-order valence-electron chi connectivity index (χ4n) is 4.44. The molecule has 0 spiro atoms. The number of thioether (sulfide) groups is 1. The highest BCUT2D eigenvalue weighted by molar-refractivity contribution is 8.26. The maximum atomic E-state index is 13.3. The Labute approximate surface area is 200 Å². The lowest BCUT2D eigenvalue weighted by Crippen LogP contribution is -2.40. The number of thiocarbonyl (C=S) groups is 1. The van der Waals surface area contributed by atoms with Gasteiger partial charge in [-0.25, -0.2) is 0 Å². The lowest BCUT2D eigenvalue weighted by molar-refractivity contribution is -0.122. The van der Waals surface area contributed by atoms with E-state index < -0.39 is 0 Å². The standard InChI is InChI=1S/C24H32N4O2S2/c1-5-7-12-27-21(26-11-8-9-16(3)15-26)18(17(4)19(14-25)22(27)29)13-20-23(30)28(10-6-2)24(31)32-20/h13,16H,5-12,15H2,1-4H3/b20-13+. The molecule has 0 saturated carbocycles. The number of amides is 1. The summed E-state index contributed by atoms with van der Waals surface area (Å²) in [4.78, 5) is 30.8. The fraction of sp³-hybridized carbons (Fsp3) is 0.583. The number of carbonyl (C=O) groups excluding carboxylic acids is 1. The number of hydrogen-bond donors (Lipinski definition) is 0. The molecule has 2 fully saturated rings. The number of nitriles is 1. The van der Waals surface area contributed by atoms with E-state index in [4.69, 9.17) is 12.2 Å². The average molecular weight is 473 g/mol. The van der Waals surface area contributed by atoms with E-state index in [-0.39, 0.29) is 17.0 Å². The van der Waals surface area contributed by atoms with Crippen LogP contribution in [-0.4, -0.2) is 39.3 Å². The maximum Gasteiger partial charge on any atom is 0.270 e. The monoisotopic (exact) mass is 472 g/mol. The van der Waals surface area contributed by atoms with E-state index in [1.165, 1.54) is 11.8 Å². The van der Waals surface area contributed by atoms with Gasteiger partial charge in [0.25, 0.3) is 11.5 Å². The van der Waals surface area contributed by atoms with Gasteiger partial charge in [-0.15, -0.1) is 0 Å². The predicted molar refractivity (Wildman–Crippen MR) is 136 cm³/mol. The van der Waals surface area contributed by atoms with Crippen molar-refractivity contribution in [1.82, 2.24) is 9.47 Å². The van der Waals surface area contributed by atoms with Gasteiger partial charge >= 0.3 is 0 Å². The summed E-state index contributed by atoms with van der Waals surface area (Å²) in [5.74, 6) is 1.27. The van der Waals surface area contributed by atoms with Crippen LogP contribution in [0.2, 0.25) is 0 Å². The molecule has 6 nitrogen and oxygen atoms in total. The first kappa shape index (κ1) is 24.5. The zero-order valence-corrected chi connectivity index (χ0v) is 21.1. The van der Waals surface area contributed by atoms with E-state index >= 15 is 0 Å². The van der Waals surface area contributed by atoms with Gasteiger partial charge in [-0.1, -0.05) is 51.2 Å². The number of pyridine rings is 1. The van der Waals surface area contributed by atoms with Crippen molar-refractivity contribution >= 4 is 46.1 Å². The number of nitrogens with zero attached hydrogens (tertiary/aromatic N) is 4. The van der Waals surface area contributed by atoms with Crippen molar-refractivity contribution in [3.63, 3.8) is 0 Å². The lowest BCUT2D eigenvalue weighted by atomic mass is 9.98. The summed E-state index contributed by atoms with van der Waals surface area (Å²) in [5.41, 5.74) is 1.36. The van der Waals surface area contributed by atoms with Crippen molar-refractivity contribution in [3.05, 3.63) is 31.9 Å². The van der Waals surface area contributed by atoms with E-state index in [0.29, 0.717) is 33.8 Å². The summed E-state index contributed by atoms with van der Waals surface area (Å²) in [5, 5.41) is 9.79. The molecule has 1 aromatic heterocycles. The molecular formula is C24H32N4O2S2. The quantitative estimate of drug-likeness (QED) is 0.424. The van der Waals surface area contributed by atoms with Gasteiger partial charge in [-0.2, -0.15) is 5.26 Å². The molecule has 3 rings (SSSR count). The third-order valence-corrected chi connectivity index (χ3v) is 7.51. The molecule has 8 heteroatoms. The van der Waals surface area contributed by atoms with E-state index in [0.717, 1.165) is 56.6 Å². The topological polar surface area (TPSA) is 69.3 Å². The zero-order valence-electron chi connectivity index (χ0n) is 19.4. The van der Waals surface area contributed by atoms with Gasteiger partial charge in [0.15, 0.2) is 0 Å². The van der Waals surface area contributed by atoms with Crippen molar-refractivity contribution in [2.75, 3.05) is 24.5 Å². The number of rotatable bonds is 7. The Kier molecular flexibility index (Phi) is 8.18. The second-order valence-corrected chi connectivity index (χ2v) is 10.4. The van der Waals surface area contributed by atoms with Crippen LogP contribution in [-0.2, 0) is 11.3 Å². The molecule has 1 amide bonds. The average Bonchev–Trinajstić information content (AvgIpc) is 3.02. The predicted octanol–water partition coefficient (Wildman–Crippen LogP) is 4.68. The fourth-order valence-corrected chi connectivity index (χ4v) is 5.73. The van der Waals surface area contributed by atoms with E-state index in [1.54, 1.807) is 9.47 Å². The van der Waals surface area contributed by atoms with Gasteiger partial charge in [0.05, 0.1) is 4.91 Å². The van der Waals surface area contributed by atoms with E-state index in [2.05, 4.69) is 24.8 Å². The molecule has 3 heterocycles. The third-order valence-electron chi connectivity index (χ3n) is 6.13. The number of anilines is 1. The molecule has 1 atom stereocenters. The first-order valence-corrected chi connectivity index (χ1v) is 12.7. The molecule has 2 aliphatic rings. The van der Waals surface area contributed by atoms with Crippen LogP contribution in [0.4, 0.5) is 5.82 Å². The summed E-state index contributed by atoms with van der Waals surface area (Å²) >= 11 is 6.75. The summed E-state index contributed by atoms with van der Waals surface area (Å²) in [6.45, 7) is 11.0. The highest BCUT2D eigenvalue weighted by Crippen LogP contribution is 2.36. The molecule has 1 unspecified atom stereocenters. The number of carbonyl (C=O) groups is 1. The molecule has 32 heavy (non-hydrogen) atoms. The molecule has 2 aliphatic heterocycles. The summed E-state index contributed by atoms with van der Waals surface area (Å²) < 4.78 is 2.33. The summed E-state index contributed by atoms with van der Waals surface area (Å²) in [6.07, 6.45) is 6.71. The van der Waals surface area contributed by atoms with Gasteiger partial charge in [0.1, 0.15) is 21.8 Å². The largest absolute Gasteiger partial charge is 0.357 e. The van der Waals surface area contributed by atoms with Crippen molar-refractivity contribution in [2.24, 2.45) is 5.92 Å². The zero-order chi connectivity index (χ0) is 23.4. The Morgan fingerprint density at radius 1 is 1.25 bits per heavy atom. The molecule has 2 saturated heterocycles. The van der Waals surface area contributed by atoms with Gasteiger partial charge < -0.3 is 4.90 Å². The normalized spacial score (nSPS) is 20.3. The number of aromatic nitrogens is 1. The van der Waals surface area contributed by atoms with Crippen molar-refractivity contribution in [2.45, 2.75) is 66.3 Å². The van der Waals surface area contributed by atoms with Gasteiger partial charge in [0, 0.05) is 31.7 Å². The van der Waals surface area contributed by atoms with Crippen LogP contribution in [0.15, 0.2) is 9.70 Å². The number of hydrogen-bond acceptors (Lipinski definition) is 6. The lowest BCUT2D eigenvalue weighted by Gasteiger charge is -2.36. The molecule has 0 radical (unpaired) electrons. The minimum atomic E-state index is -0.234. The highest BCUT2D eigenvalue weighted by Gasteiger charge is 2.33. The Morgan fingerprint density at radius 3 is 2.62 bits per heavy atom. The van der Waals surface area contributed by atoms with Gasteiger partial charge in [-0.05, 0) is 50.2 Å². The van der Waals surface area contributed by atoms with Crippen molar-refractivity contribution < 1.29 is 4.79 Å². The van der Waals surface area contributed by atoms with Crippen molar-refractivity contribution in [3.8, 4) is 6.07 Å². The van der Waals surface area contributed by atoms with Crippen LogP contribution in [0, 0.1) is 24.2 Å². The summed E-state index contributed by atoms with van der Waals surface area (Å²) in [6, 6.07) is 2.12. The van der Waals surface area contributed by atoms with Crippen LogP contribution < -0.4 is 10.5 Å². The third kappa shape index (κ3) is 4.79. The van der Waals surface area contributed by atoms with Gasteiger partial charge in [-0.3, -0.25) is 19.1 Å². The Morgan fingerprint density at radius 2 is 2.00 bits per heavy atom. The van der Waals surface area contributed by atoms with Gasteiger partial charge in [0.2, 0.25) is 0 Å². The molecule has 0 N–H and O–H groups in total. The minimum absolute atomic E-state index is 0.0935. The van der Waals surface area contributed by atoms with Crippen molar-refractivity contribution in [1.29, 1.82) is 5.26 Å². The van der Waals surface area contributed by atoms with Crippen LogP contribution >= 0.6 is 24.0 Å². The SMILES string of the molecule is CCCCn1c(N2CCCC(C)C2)c(/C=C2/SC(=S)N(CCC)C2=O)c(C)c(C#N)c1=O. The Bertz CT molecular complexity index is 1040. The highest BCUT2D eigenvalue weighted by atomic mass is 32.2. The first-order chi connectivity index (χ1) is 15.3. The second kappa shape index (κ2) is 10.7. The molecule has 0 aromatic carbocycles.